The Kier molecular flexibility index (Phi) is 6.18. The van der Waals surface area contributed by atoms with Crippen molar-refractivity contribution >= 4 is 26.6 Å². The lowest BCUT2D eigenvalue weighted by molar-refractivity contribution is -0.388. The molecule has 0 unspecified atom stereocenters. The third-order valence-electron chi connectivity index (χ3n) is 4.69. The van der Waals surface area contributed by atoms with E-state index in [2.05, 4.69) is 16.3 Å². The van der Waals surface area contributed by atoms with E-state index in [1.54, 1.807) is 6.20 Å². The lowest BCUT2D eigenvalue weighted by atomic mass is 10.0. The number of sulfonamides is 1. The van der Waals surface area contributed by atoms with Gasteiger partial charge in [-0.1, -0.05) is 24.3 Å². The van der Waals surface area contributed by atoms with Gasteiger partial charge >= 0.3 is 6.18 Å². The number of fused-ring (bicyclic) bond motifs is 1. The molecule has 0 bridgehead atoms. The second kappa shape index (κ2) is 8.52. The molecule has 3 rings (SSSR count). The van der Waals surface area contributed by atoms with Crippen LogP contribution in [0, 0.1) is 10.1 Å². The van der Waals surface area contributed by atoms with Gasteiger partial charge in [-0.25, -0.2) is 13.1 Å². The highest BCUT2D eigenvalue weighted by molar-refractivity contribution is 7.89. The molecule has 2 aromatic carbocycles. The zero-order valence-corrected chi connectivity index (χ0v) is 16.8. The predicted molar refractivity (Wildman–Crippen MR) is 109 cm³/mol. The maximum atomic E-state index is 12.9. The van der Waals surface area contributed by atoms with Gasteiger partial charge in [0.15, 0.2) is 4.90 Å². The fourth-order valence-electron chi connectivity index (χ4n) is 3.29. The van der Waals surface area contributed by atoms with Gasteiger partial charge in [0.2, 0.25) is 10.0 Å². The molecule has 0 saturated heterocycles. The largest absolute Gasteiger partial charge is 0.416 e. The third-order valence-corrected chi connectivity index (χ3v) is 6.25. The molecule has 7 nitrogen and oxygen atoms in total. The first-order valence-corrected chi connectivity index (χ1v) is 10.5. The summed E-state index contributed by atoms with van der Waals surface area (Å²) in [5, 5.41) is 12.2. The lowest BCUT2D eigenvalue weighted by Gasteiger charge is -2.17. The van der Waals surface area contributed by atoms with Crippen molar-refractivity contribution in [2.45, 2.75) is 30.0 Å². The highest BCUT2D eigenvalue weighted by Gasteiger charge is 2.36. The molecular formula is C20H18F3N3O4S. The number of aromatic amines is 1. The van der Waals surface area contributed by atoms with Crippen LogP contribution in [-0.2, 0) is 22.6 Å². The van der Waals surface area contributed by atoms with Crippen LogP contribution in [0.3, 0.4) is 0 Å². The lowest BCUT2D eigenvalue weighted by Crippen LogP contribution is -2.36. The molecule has 31 heavy (non-hydrogen) atoms. The first-order chi connectivity index (χ1) is 14.5. The van der Waals surface area contributed by atoms with Gasteiger partial charge < -0.3 is 4.98 Å². The van der Waals surface area contributed by atoms with E-state index >= 15 is 0 Å². The maximum Gasteiger partial charge on any atom is 0.416 e. The minimum atomic E-state index is -4.85. The highest BCUT2D eigenvalue weighted by atomic mass is 32.2. The minimum absolute atomic E-state index is 0.202. The molecule has 1 atom stereocenters. The monoisotopic (exact) mass is 453 g/mol. The average Bonchev–Trinajstić information content (AvgIpc) is 3.09. The van der Waals surface area contributed by atoms with Gasteiger partial charge in [-0.2, -0.15) is 13.2 Å². The van der Waals surface area contributed by atoms with Gasteiger partial charge in [-0.3, -0.25) is 10.1 Å². The second-order valence-electron chi connectivity index (χ2n) is 6.84. The van der Waals surface area contributed by atoms with Crippen molar-refractivity contribution in [1.29, 1.82) is 0 Å². The molecule has 0 fully saturated rings. The quantitative estimate of drug-likeness (QED) is 0.296. The minimum Gasteiger partial charge on any atom is -0.361 e. The van der Waals surface area contributed by atoms with Gasteiger partial charge in [0.05, 0.1) is 10.5 Å². The van der Waals surface area contributed by atoms with Crippen molar-refractivity contribution in [3.8, 4) is 0 Å². The Morgan fingerprint density at radius 3 is 2.58 bits per heavy atom. The molecule has 0 radical (unpaired) electrons. The topological polar surface area (TPSA) is 105 Å². The van der Waals surface area contributed by atoms with Crippen LogP contribution in [0.2, 0.25) is 0 Å². The summed E-state index contributed by atoms with van der Waals surface area (Å²) in [7, 11) is -4.49. The van der Waals surface area contributed by atoms with E-state index in [1.807, 2.05) is 24.3 Å². The van der Waals surface area contributed by atoms with Crippen LogP contribution < -0.4 is 4.72 Å². The molecule has 0 aliphatic heterocycles. The summed E-state index contributed by atoms with van der Waals surface area (Å²) < 4.78 is 66.8. The van der Waals surface area contributed by atoms with Crippen LogP contribution in [-0.4, -0.2) is 24.4 Å². The second-order valence-corrected chi connectivity index (χ2v) is 8.53. The molecule has 0 amide bonds. The number of nitrogens with zero attached hydrogens (tertiary/aromatic N) is 1. The van der Waals surface area contributed by atoms with Crippen LogP contribution in [0.25, 0.3) is 10.9 Å². The summed E-state index contributed by atoms with van der Waals surface area (Å²) in [6, 6.07) is 8.00. The predicted octanol–water partition coefficient (Wildman–Crippen LogP) is 4.56. The van der Waals surface area contributed by atoms with Gasteiger partial charge in [-0.05, 0) is 36.6 Å². The fraction of sp³-hybridized carbons (Fsp3) is 0.200. The van der Waals surface area contributed by atoms with E-state index in [4.69, 9.17) is 0 Å². The van der Waals surface area contributed by atoms with Crippen molar-refractivity contribution in [2.24, 2.45) is 0 Å². The standard InChI is InChI=1S/C20H18F3N3O4S/c1-2-5-15(10-13-12-24-17-7-4-3-6-16(13)17)25-31(29,30)19-9-8-14(20(21,22)23)11-18(19)26(27)28/h2-4,6-9,11-12,15,24-25H,1,5,10H2/t15-/m0/s1. The fourth-order valence-corrected chi connectivity index (χ4v) is 4.69. The van der Waals surface area contributed by atoms with Crippen molar-refractivity contribution in [3.63, 3.8) is 0 Å². The first kappa shape index (κ1) is 22.5. The van der Waals surface area contributed by atoms with Gasteiger partial charge in [0.25, 0.3) is 5.69 Å². The summed E-state index contributed by atoms with van der Waals surface area (Å²) in [6.45, 7) is 3.60. The van der Waals surface area contributed by atoms with Gasteiger partial charge in [0, 0.05) is 29.2 Å². The smallest absolute Gasteiger partial charge is 0.361 e. The van der Waals surface area contributed by atoms with Crippen molar-refractivity contribution < 1.29 is 26.5 Å². The zero-order chi connectivity index (χ0) is 22.8. The van der Waals surface area contributed by atoms with Crippen LogP contribution >= 0.6 is 0 Å². The maximum absolute atomic E-state index is 12.9. The first-order valence-electron chi connectivity index (χ1n) is 9.07. The van der Waals surface area contributed by atoms with E-state index in [-0.39, 0.29) is 18.9 Å². The third kappa shape index (κ3) is 4.94. The molecule has 0 spiro atoms. The molecule has 1 aromatic heterocycles. The Bertz CT molecular complexity index is 1240. The van der Waals surface area contributed by atoms with Crippen LogP contribution in [0.1, 0.15) is 17.5 Å². The van der Waals surface area contributed by atoms with Crippen LogP contribution in [0.5, 0.6) is 0 Å². The molecule has 0 aliphatic carbocycles. The zero-order valence-electron chi connectivity index (χ0n) is 16.0. The molecule has 3 aromatic rings. The van der Waals surface area contributed by atoms with Gasteiger partial charge in [-0.15, -0.1) is 6.58 Å². The number of alkyl halides is 3. The molecular weight excluding hydrogens is 435 g/mol. The Hall–Kier alpha value is -3.18. The van der Waals surface area contributed by atoms with E-state index in [0.29, 0.717) is 12.1 Å². The number of rotatable bonds is 8. The van der Waals surface area contributed by atoms with Crippen LogP contribution in [0.15, 0.2) is 66.2 Å². The normalized spacial score (nSPS) is 13.3. The van der Waals surface area contributed by atoms with Crippen molar-refractivity contribution in [3.05, 3.63) is 82.6 Å². The molecule has 164 valence electrons. The summed E-state index contributed by atoms with van der Waals surface area (Å²) in [5.41, 5.74) is -0.783. The number of hydrogen-bond donors (Lipinski definition) is 2. The summed E-state index contributed by atoms with van der Waals surface area (Å²) in [4.78, 5) is 12.4. The number of halogens is 3. The number of para-hydroxylation sites is 1. The average molecular weight is 453 g/mol. The van der Waals surface area contributed by atoms with E-state index in [0.717, 1.165) is 16.5 Å². The van der Waals surface area contributed by atoms with Gasteiger partial charge in [0.1, 0.15) is 0 Å². The Morgan fingerprint density at radius 2 is 1.94 bits per heavy atom. The molecule has 0 saturated carbocycles. The number of nitrogens with one attached hydrogen (secondary N) is 2. The van der Waals surface area contributed by atoms with Crippen LogP contribution in [0.4, 0.5) is 18.9 Å². The Morgan fingerprint density at radius 1 is 1.23 bits per heavy atom. The highest BCUT2D eigenvalue weighted by Crippen LogP contribution is 2.34. The Balaban J connectivity index is 1.94. The molecule has 11 heteroatoms. The van der Waals surface area contributed by atoms with Crippen molar-refractivity contribution in [2.75, 3.05) is 0 Å². The number of H-pyrrole nitrogens is 1. The SMILES string of the molecule is C=CC[C@@H](Cc1c[nH]c2ccccc12)NS(=O)(=O)c1ccc(C(F)(F)F)cc1[N+](=O)[O-]. The van der Waals surface area contributed by atoms with E-state index in [1.165, 1.54) is 6.08 Å². The molecule has 1 heterocycles. The number of nitro benzene ring substituents is 1. The molecule has 0 aliphatic rings. The Labute approximate surface area is 175 Å². The molecule has 2 N–H and O–H groups in total. The number of hydrogen-bond acceptors (Lipinski definition) is 4. The number of nitro groups is 1. The van der Waals surface area contributed by atoms with Crippen molar-refractivity contribution in [1.82, 2.24) is 9.71 Å². The summed E-state index contributed by atoms with van der Waals surface area (Å²) in [5.74, 6) is 0. The summed E-state index contributed by atoms with van der Waals surface area (Å²) >= 11 is 0. The number of benzene rings is 2. The summed E-state index contributed by atoms with van der Waals surface area (Å²) in [6.07, 6.45) is -1.18. The van der Waals surface area contributed by atoms with E-state index < -0.39 is 43.3 Å². The number of aromatic nitrogens is 1. The van der Waals surface area contributed by atoms with E-state index in [9.17, 15) is 31.7 Å².